The zero-order valence-corrected chi connectivity index (χ0v) is 17.3. The van der Waals surface area contributed by atoms with Gasteiger partial charge in [0.1, 0.15) is 18.1 Å². The number of quaternary nitrogens is 1. The highest BCUT2D eigenvalue weighted by Gasteiger charge is 2.43. The second kappa shape index (κ2) is 9.06. The van der Waals surface area contributed by atoms with Gasteiger partial charge in [0, 0.05) is 24.0 Å². The maximum absolute atomic E-state index is 13.1. The molecule has 2 atom stereocenters. The Hall–Kier alpha value is -1.91. The van der Waals surface area contributed by atoms with E-state index in [0.29, 0.717) is 0 Å². The molecule has 1 saturated heterocycles. The zero-order valence-electron chi connectivity index (χ0n) is 17.3. The van der Waals surface area contributed by atoms with Gasteiger partial charge in [-0.1, -0.05) is 31.2 Å². The molecule has 0 amide bonds. The Bertz CT molecular complexity index is 746. The van der Waals surface area contributed by atoms with Crippen molar-refractivity contribution in [1.82, 2.24) is 0 Å². The molecule has 0 aromatic heterocycles. The molecule has 2 N–H and O–H groups in total. The quantitative estimate of drug-likeness (QED) is 0.690. The van der Waals surface area contributed by atoms with Crippen molar-refractivity contribution in [2.45, 2.75) is 57.1 Å². The van der Waals surface area contributed by atoms with Crippen LogP contribution in [-0.2, 0) is 16.7 Å². The normalized spacial score (nSPS) is 24.9. The van der Waals surface area contributed by atoms with Gasteiger partial charge in [0.15, 0.2) is 0 Å². The van der Waals surface area contributed by atoms with E-state index in [1.54, 1.807) is 7.11 Å². The minimum atomic E-state index is -0.178. The lowest BCUT2D eigenvalue weighted by atomic mass is 9.66. The molecule has 0 bridgehead atoms. The summed E-state index contributed by atoms with van der Waals surface area (Å²) < 4.78 is 24.6. The average molecular weight is 387 g/mol. The van der Waals surface area contributed by atoms with Crippen LogP contribution in [0.3, 0.4) is 0 Å². The zero-order chi connectivity index (χ0) is 20.0. The molecule has 28 heavy (non-hydrogen) atoms. The van der Waals surface area contributed by atoms with E-state index < -0.39 is 0 Å². The van der Waals surface area contributed by atoms with E-state index in [1.165, 1.54) is 17.7 Å². The largest absolute Gasteiger partial charge is 0.497 e. The number of nitrogens with two attached hydrogens (primary N) is 1. The van der Waals surface area contributed by atoms with E-state index in [-0.39, 0.29) is 16.8 Å². The van der Waals surface area contributed by atoms with Gasteiger partial charge in [-0.25, -0.2) is 4.39 Å². The first-order valence-corrected chi connectivity index (χ1v) is 10.3. The number of rotatable bonds is 8. The predicted octanol–water partition coefficient (Wildman–Crippen LogP) is 4.20. The molecule has 152 valence electrons. The minimum Gasteiger partial charge on any atom is -0.497 e. The molecular formula is C24H33FNO2+. The SMILES string of the molecule is CC[C@]1(C)C[C@@](CC[NH2+]Cc2ccc(F)cc2)(c2ccc(OC)cc2)CCO1. The topological polar surface area (TPSA) is 35.1 Å². The number of methoxy groups -OCH3 is 1. The number of hydrogen-bond donors (Lipinski definition) is 1. The van der Waals surface area contributed by atoms with Crippen LogP contribution in [0.1, 0.15) is 50.7 Å². The third-order valence-corrected chi connectivity index (χ3v) is 6.31. The van der Waals surface area contributed by atoms with Crippen molar-refractivity contribution in [2.24, 2.45) is 0 Å². The van der Waals surface area contributed by atoms with Crippen LogP contribution in [0, 0.1) is 5.82 Å². The van der Waals surface area contributed by atoms with Gasteiger partial charge in [-0.05, 0) is 56.0 Å². The first-order valence-electron chi connectivity index (χ1n) is 10.3. The second-order valence-electron chi connectivity index (χ2n) is 8.25. The van der Waals surface area contributed by atoms with E-state index in [1.807, 2.05) is 12.1 Å². The van der Waals surface area contributed by atoms with Crippen molar-refractivity contribution in [2.75, 3.05) is 20.3 Å². The molecule has 0 unspecified atom stereocenters. The molecule has 0 aliphatic carbocycles. The van der Waals surface area contributed by atoms with E-state index in [0.717, 1.165) is 56.7 Å². The summed E-state index contributed by atoms with van der Waals surface area (Å²) in [5.74, 6) is 0.718. The highest BCUT2D eigenvalue weighted by molar-refractivity contribution is 5.33. The molecule has 4 heteroatoms. The number of hydrogen-bond acceptors (Lipinski definition) is 2. The lowest BCUT2D eigenvalue weighted by Gasteiger charge is -2.46. The molecule has 0 radical (unpaired) electrons. The summed E-state index contributed by atoms with van der Waals surface area (Å²) in [4.78, 5) is 0. The van der Waals surface area contributed by atoms with Crippen molar-refractivity contribution in [3.8, 4) is 5.75 Å². The lowest BCUT2D eigenvalue weighted by molar-refractivity contribution is -0.672. The Morgan fingerprint density at radius 2 is 1.82 bits per heavy atom. The van der Waals surface area contributed by atoms with Crippen molar-refractivity contribution in [1.29, 1.82) is 0 Å². The summed E-state index contributed by atoms with van der Waals surface area (Å²) in [6.07, 6.45) is 4.19. The molecule has 1 aliphatic heterocycles. The molecule has 2 aromatic rings. The molecule has 0 spiro atoms. The van der Waals surface area contributed by atoms with E-state index in [4.69, 9.17) is 9.47 Å². The van der Waals surface area contributed by atoms with Crippen LogP contribution in [0.25, 0.3) is 0 Å². The fraction of sp³-hybridized carbons (Fsp3) is 0.500. The lowest BCUT2D eigenvalue weighted by Crippen LogP contribution is -2.83. The highest BCUT2D eigenvalue weighted by atomic mass is 19.1. The van der Waals surface area contributed by atoms with Crippen LogP contribution in [-0.4, -0.2) is 25.9 Å². The predicted molar refractivity (Wildman–Crippen MR) is 110 cm³/mol. The Kier molecular flexibility index (Phi) is 6.73. The summed E-state index contributed by atoms with van der Waals surface area (Å²) in [5.41, 5.74) is 2.58. The third kappa shape index (κ3) is 4.92. The number of ether oxygens (including phenoxy) is 2. The van der Waals surface area contributed by atoms with Crippen molar-refractivity contribution in [3.05, 3.63) is 65.5 Å². The fourth-order valence-electron chi connectivity index (χ4n) is 4.39. The average Bonchev–Trinajstić information content (AvgIpc) is 2.73. The Morgan fingerprint density at radius 3 is 2.46 bits per heavy atom. The summed E-state index contributed by atoms with van der Waals surface area (Å²) >= 11 is 0. The molecule has 1 fully saturated rings. The van der Waals surface area contributed by atoms with Crippen molar-refractivity contribution < 1.29 is 19.2 Å². The van der Waals surface area contributed by atoms with Crippen LogP contribution < -0.4 is 10.1 Å². The van der Waals surface area contributed by atoms with Gasteiger partial charge in [0.05, 0.1) is 19.3 Å². The van der Waals surface area contributed by atoms with Crippen molar-refractivity contribution in [3.63, 3.8) is 0 Å². The second-order valence-corrected chi connectivity index (χ2v) is 8.25. The van der Waals surface area contributed by atoms with Crippen LogP contribution >= 0.6 is 0 Å². The fourth-order valence-corrected chi connectivity index (χ4v) is 4.39. The molecule has 1 aliphatic rings. The smallest absolute Gasteiger partial charge is 0.123 e. The highest BCUT2D eigenvalue weighted by Crippen LogP contribution is 2.45. The third-order valence-electron chi connectivity index (χ3n) is 6.31. The molecule has 0 saturated carbocycles. The Morgan fingerprint density at radius 1 is 1.11 bits per heavy atom. The van der Waals surface area contributed by atoms with Gasteiger partial charge < -0.3 is 14.8 Å². The monoisotopic (exact) mass is 386 g/mol. The Labute approximate surface area is 168 Å². The van der Waals surface area contributed by atoms with Crippen LogP contribution in [0.15, 0.2) is 48.5 Å². The molecule has 3 rings (SSSR count). The number of benzene rings is 2. The van der Waals surface area contributed by atoms with Gasteiger partial charge in [0.2, 0.25) is 0 Å². The minimum absolute atomic E-state index is 0.0743. The molecular weight excluding hydrogens is 353 g/mol. The van der Waals surface area contributed by atoms with Crippen LogP contribution in [0.2, 0.25) is 0 Å². The first kappa shape index (κ1) is 20.8. The number of halogens is 1. The van der Waals surface area contributed by atoms with Crippen LogP contribution in [0.5, 0.6) is 5.75 Å². The molecule has 1 heterocycles. The summed E-state index contributed by atoms with van der Waals surface area (Å²) in [6.45, 7) is 7.16. The van der Waals surface area contributed by atoms with Gasteiger partial charge in [-0.3, -0.25) is 0 Å². The molecule has 2 aromatic carbocycles. The Balaban J connectivity index is 1.71. The summed E-state index contributed by atoms with van der Waals surface area (Å²) in [7, 11) is 1.71. The van der Waals surface area contributed by atoms with Gasteiger partial charge in [0.25, 0.3) is 0 Å². The van der Waals surface area contributed by atoms with Gasteiger partial charge in [-0.15, -0.1) is 0 Å². The maximum atomic E-state index is 13.1. The van der Waals surface area contributed by atoms with Crippen LogP contribution in [0.4, 0.5) is 4.39 Å². The summed E-state index contributed by atoms with van der Waals surface area (Å²) in [5, 5.41) is 2.33. The maximum Gasteiger partial charge on any atom is 0.123 e. The van der Waals surface area contributed by atoms with E-state index >= 15 is 0 Å². The first-order chi connectivity index (χ1) is 13.5. The van der Waals surface area contributed by atoms with Gasteiger partial charge in [-0.2, -0.15) is 0 Å². The van der Waals surface area contributed by atoms with Crippen molar-refractivity contribution >= 4 is 0 Å². The van der Waals surface area contributed by atoms with E-state index in [9.17, 15) is 4.39 Å². The standard InChI is InChI=1S/C24H32FNO2/c1-4-23(2)18-24(14-16-28-23,20-7-11-22(27-3)12-8-20)13-15-26-17-19-5-9-21(25)10-6-19/h5-12,26H,4,13-18H2,1-3H3/p+1/t23-,24+/m1/s1. The van der Waals surface area contributed by atoms with Gasteiger partial charge >= 0.3 is 0 Å². The summed E-state index contributed by atoms with van der Waals surface area (Å²) in [6, 6.07) is 15.4. The van der Waals surface area contributed by atoms with E-state index in [2.05, 4.69) is 43.4 Å². The molecule has 3 nitrogen and oxygen atoms in total.